The minimum Gasteiger partial charge on any atom is -0.293 e. The van der Waals surface area contributed by atoms with Crippen LogP contribution in [0.3, 0.4) is 0 Å². The van der Waals surface area contributed by atoms with Gasteiger partial charge in [0.1, 0.15) is 0 Å². The first-order valence-electron chi connectivity index (χ1n) is 5.69. The Kier molecular flexibility index (Phi) is 4.08. The predicted molar refractivity (Wildman–Crippen MR) is 70.8 cm³/mol. The van der Waals surface area contributed by atoms with Crippen LogP contribution < -0.4 is 10.4 Å². The molecular weight excluding hydrogens is 325 g/mol. The number of hydrogen-bond donors (Lipinski definition) is 3. The number of H-pyrrole nitrogens is 2. The molecule has 0 bridgehead atoms. The number of nitrogens with zero attached hydrogens (tertiary/aromatic N) is 1. The molecule has 3 N–H and O–H groups in total. The molecule has 0 aliphatic carbocycles. The fourth-order valence-corrected chi connectivity index (χ4v) is 2.34. The maximum atomic E-state index is 12.6. The van der Waals surface area contributed by atoms with Crippen molar-refractivity contribution in [1.29, 1.82) is 0 Å². The van der Waals surface area contributed by atoms with Crippen LogP contribution in [0.1, 0.15) is 11.3 Å². The van der Waals surface area contributed by atoms with E-state index in [4.69, 9.17) is 0 Å². The highest BCUT2D eigenvalue weighted by Gasteiger charge is 2.36. The molecule has 1 aromatic carbocycles. The van der Waals surface area contributed by atoms with Gasteiger partial charge in [-0.05, 0) is 12.1 Å². The average Bonchev–Trinajstić information content (AvgIpc) is 2.81. The molecule has 0 atom stereocenters. The molecule has 2 aromatic rings. The Balaban J connectivity index is 2.25. The van der Waals surface area contributed by atoms with Crippen LogP contribution in [-0.2, 0) is 16.2 Å². The molecule has 118 valence electrons. The third-order valence-electron chi connectivity index (χ3n) is 2.52. The quantitative estimate of drug-likeness (QED) is 0.574. The van der Waals surface area contributed by atoms with Gasteiger partial charge in [0.2, 0.25) is 0 Å². The number of rotatable bonds is 4. The first kappa shape index (κ1) is 15.8. The summed E-state index contributed by atoms with van der Waals surface area (Å²) in [6.07, 6.45) is -4.32. The van der Waals surface area contributed by atoms with Crippen LogP contribution in [0, 0.1) is 0 Å². The molecule has 11 heteroatoms. The molecule has 0 radical (unpaired) electrons. The molecule has 0 spiro atoms. The van der Waals surface area contributed by atoms with Crippen molar-refractivity contribution in [2.45, 2.75) is 11.1 Å². The van der Waals surface area contributed by atoms with Crippen molar-refractivity contribution < 1.29 is 21.6 Å². The van der Waals surface area contributed by atoms with E-state index in [2.05, 4.69) is 5.10 Å². The van der Waals surface area contributed by atoms with Crippen LogP contribution >= 0.6 is 0 Å². The summed E-state index contributed by atoms with van der Waals surface area (Å²) in [6.45, 7) is 0. The highest BCUT2D eigenvalue weighted by molar-refractivity contribution is 7.89. The molecule has 0 unspecified atom stereocenters. The van der Waals surface area contributed by atoms with Gasteiger partial charge in [0.25, 0.3) is 15.6 Å². The summed E-state index contributed by atoms with van der Waals surface area (Å²) in [5, 5.41) is 6.61. The summed E-state index contributed by atoms with van der Waals surface area (Å²) in [4.78, 5) is 12.9. The van der Waals surface area contributed by atoms with Crippen LogP contribution in [0.4, 0.5) is 13.2 Å². The lowest BCUT2D eigenvalue weighted by Gasteiger charge is -2.04. The van der Waals surface area contributed by atoms with Crippen LogP contribution in [-0.4, -0.2) is 24.8 Å². The number of aromatic amines is 2. The number of nitrogens with one attached hydrogen (secondary N) is 3. The Morgan fingerprint density at radius 3 is 2.36 bits per heavy atom. The summed E-state index contributed by atoms with van der Waals surface area (Å²) in [7, 11) is -4.03. The molecule has 7 nitrogen and oxygen atoms in total. The fourth-order valence-electron chi connectivity index (χ4n) is 1.53. The van der Waals surface area contributed by atoms with Gasteiger partial charge in [-0.2, -0.15) is 26.7 Å². The smallest absolute Gasteiger partial charge is 0.293 e. The molecule has 0 fully saturated rings. The number of halogens is 3. The minimum absolute atomic E-state index is 0.119. The lowest BCUT2D eigenvalue weighted by Crippen LogP contribution is -2.19. The highest BCUT2D eigenvalue weighted by Crippen LogP contribution is 2.28. The van der Waals surface area contributed by atoms with Gasteiger partial charge in [-0.15, -0.1) is 0 Å². The van der Waals surface area contributed by atoms with Gasteiger partial charge in [-0.25, -0.2) is 4.83 Å². The van der Waals surface area contributed by atoms with Gasteiger partial charge >= 0.3 is 6.18 Å². The van der Waals surface area contributed by atoms with Crippen LogP contribution in [0.15, 0.2) is 45.1 Å². The summed E-state index contributed by atoms with van der Waals surface area (Å²) < 4.78 is 61.4. The minimum atomic E-state index is -4.81. The molecule has 1 heterocycles. The second-order valence-corrected chi connectivity index (χ2v) is 5.69. The zero-order valence-electron chi connectivity index (χ0n) is 10.7. The van der Waals surface area contributed by atoms with E-state index in [1.165, 1.54) is 24.3 Å². The van der Waals surface area contributed by atoms with E-state index in [-0.39, 0.29) is 4.90 Å². The third-order valence-corrected chi connectivity index (χ3v) is 3.76. The number of sulfonamides is 1. The van der Waals surface area contributed by atoms with Crippen molar-refractivity contribution in [2.24, 2.45) is 5.10 Å². The van der Waals surface area contributed by atoms with Crippen molar-refractivity contribution in [2.75, 3.05) is 0 Å². The Bertz CT molecular complexity index is 837. The number of alkyl halides is 3. The van der Waals surface area contributed by atoms with Gasteiger partial charge in [-0.3, -0.25) is 15.0 Å². The third kappa shape index (κ3) is 3.36. The number of hydrazone groups is 1. The van der Waals surface area contributed by atoms with Gasteiger partial charge in [0.15, 0.2) is 5.69 Å². The maximum Gasteiger partial charge on any atom is 0.433 e. The Morgan fingerprint density at radius 1 is 1.14 bits per heavy atom. The van der Waals surface area contributed by atoms with E-state index in [0.717, 1.165) is 0 Å². The highest BCUT2D eigenvalue weighted by atomic mass is 32.2. The Hall–Kier alpha value is -2.56. The molecule has 2 rings (SSSR count). The van der Waals surface area contributed by atoms with Gasteiger partial charge in [0.05, 0.1) is 16.7 Å². The van der Waals surface area contributed by atoms with E-state index in [9.17, 15) is 26.4 Å². The van der Waals surface area contributed by atoms with Crippen molar-refractivity contribution in [3.8, 4) is 0 Å². The van der Waals surface area contributed by atoms with Gasteiger partial charge in [-0.1, -0.05) is 18.2 Å². The maximum absolute atomic E-state index is 12.6. The molecule has 1 aromatic heterocycles. The lowest BCUT2D eigenvalue weighted by molar-refractivity contribution is -0.141. The molecule has 22 heavy (non-hydrogen) atoms. The molecule has 0 saturated heterocycles. The largest absolute Gasteiger partial charge is 0.433 e. The summed E-state index contributed by atoms with van der Waals surface area (Å²) in [6, 6.07) is 7.09. The van der Waals surface area contributed by atoms with Crippen molar-refractivity contribution in [1.82, 2.24) is 15.0 Å². The van der Waals surface area contributed by atoms with Crippen LogP contribution in [0.25, 0.3) is 0 Å². The second-order valence-electron chi connectivity index (χ2n) is 4.03. The SMILES string of the molecule is O=c1[nH][nH]c(C(F)(F)F)c1/C=N/NS(=O)(=O)c1ccccc1. The van der Waals surface area contributed by atoms with E-state index < -0.39 is 33.0 Å². The standard InChI is InChI=1S/C11H9F3N4O3S/c12-11(13,14)9-8(10(19)17-16-9)6-15-18-22(20,21)7-4-2-1-3-5-7/h1-6,18H,(H2,16,17,19)/b15-6+. The van der Waals surface area contributed by atoms with Gasteiger partial charge < -0.3 is 0 Å². The zero-order valence-corrected chi connectivity index (χ0v) is 11.5. The average molecular weight is 334 g/mol. The normalized spacial score (nSPS) is 12.7. The lowest BCUT2D eigenvalue weighted by atomic mass is 10.2. The van der Waals surface area contributed by atoms with Crippen molar-refractivity contribution in [3.63, 3.8) is 0 Å². The van der Waals surface area contributed by atoms with Crippen LogP contribution in [0.5, 0.6) is 0 Å². The van der Waals surface area contributed by atoms with Crippen LogP contribution in [0.2, 0.25) is 0 Å². The summed E-state index contributed by atoms with van der Waals surface area (Å²) in [5.41, 5.74) is -3.25. The van der Waals surface area contributed by atoms with Crippen molar-refractivity contribution >= 4 is 16.2 Å². The number of aromatic nitrogens is 2. The topological polar surface area (TPSA) is 107 Å². The summed E-state index contributed by atoms with van der Waals surface area (Å²) >= 11 is 0. The van der Waals surface area contributed by atoms with E-state index >= 15 is 0 Å². The van der Waals surface area contributed by atoms with E-state index in [1.54, 1.807) is 21.1 Å². The van der Waals surface area contributed by atoms with Crippen molar-refractivity contribution in [3.05, 3.63) is 51.9 Å². The Morgan fingerprint density at radius 2 is 1.77 bits per heavy atom. The fraction of sp³-hybridized carbons (Fsp3) is 0.0909. The van der Waals surface area contributed by atoms with E-state index in [1.807, 2.05) is 0 Å². The number of benzene rings is 1. The molecule has 0 saturated carbocycles. The first-order valence-corrected chi connectivity index (χ1v) is 7.18. The zero-order chi connectivity index (χ0) is 16.4. The number of hydrogen-bond acceptors (Lipinski definition) is 4. The van der Waals surface area contributed by atoms with Gasteiger partial charge in [0, 0.05) is 0 Å². The molecule has 0 amide bonds. The molecule has 0 aliphatic rings. The molecular formula is C11H9F3N4O3S. The monoisotopic (exact) mass is 334 g/mol. The summed E-state index contributed by atoms with van der Waals surface area (Å²) in [5.74, 6) is 0. The molecule has 0 aliphatic heterocycles. The van der Waals surface area contributed by atoms with E-state index in [0.29, 0.717) is 6.21 Å². The predicted octanol–water partition coefficient (Wildman–Crippen LogP) is 1.03. The first-order chi connectivity index (χ1) is 10.2. The second kappa shape index (κ2) is 5.67. The Labute approximate surface area is 121 Å².